The largest absolute Gasteiger partial charge is 0.495 e. The summed E-state index contributed by atoms with van der Waals surface area (Å²) in [4.78, 5) is 4.94. The number of hydrogen-bond acceptors (Lipinski definition) is 3. The van der Waals surface area contributed by atoms with Crippen LogP contribution >= 0.6 is 0 Å². The quantitative estimate of drug-likeness (QED) is 0.662. The Kier molecular flexibility index (Phi) is 5.29. The number of para-hydroxylation sites is 3. The van der Waals surface area contributed by atoms with Crippen LogP contribution in [0.25, 0.3) is 0 Å². The summed E-state index contributed by atoms with van der Waals surface area (Å²) in [5, 5.41) is 0. The number of benzene rings is 3. The molecule has 0 N–H and O–H groups in total. The summed E-state index contributed by atoms with van der Waals surface area (Å²) in [5.41, 5.74) is 5.31. The first-order chi connectivity index (χ1) is 13.3. The molecule has 3 aromatic carbocycles. The van der Waals surface area contributed by atoms with Crippen LogP contribution in [-0.2, 0) is 6.42 Å². The van der Waals surface area contributed by atoms with Gasteiger partial charge in [0.2, 0.25) is 0 Å². The van der Waals surface area contributed by atoms with E-state index in [0.29, 0.717) is 0 Å². The zero-order chi connectivity index (χ0) is 18.5. The van der Waals surface area contributed by atoms with E-state index in [1.165, 1.54) is 22.5 Å². The van der Waals surface area contributed by atoms with Gasteiger partial charge in [-0.15, -0.1) is 0 Å². The van der Waals surface area contributed by atoms with Crippen molar-refractivity contribution in [3.63, 3.8) is 0 Å². The molecule has 0 aliphatic carbocycles. The first-order valence-electron chi connectivity index (χ1n) is 9.60. The van der Waals surface area contributed by atoms with Crippen LogP contribution in [0.1, 0.15) is 11.1 Å². The van der Waals surface area contributed by atoms with Crippen LogP contribution in [0.15, 0.2) is 78.9 Å². The van der Waals surface area contributed by atoms with Crippen LogP contribution in [0.4, 0.5) is 11.4 Å². The third-order valence-electron chi connectivity index (χ3n) is 5.28. The van der Waals surface area contributed by atoms with Crippen molar-refractivity contribution in [3.8, 4) is 5.75 Å². The lowest BCUT2D eigenvalue weighted by Gasteiger charge is -2.38. The highest BCUT2D eigenvalue weighted by Gasteiger charge is 2.21. The van der Waals surface area contributed by atoms with Crippen LogP contribution in [0, 0.1) is 0 Å². The van der Waals surface area contributed by atoms with Gasteiger partial charge in [-0.05, 0) is 35.7 Å². The van der Waals surface area contributed by atoms with Gasteiger partial charge in [-0.3, -0.25) is 0 Å². The molecule has 1 aliphatic heterocycles. The minimum Gasteiger partial charge on any atom is -0.495 e. The predicted molar refractivity (Wildman–Crippen MR) is 113 cm³/mol. The maximum absolute atomic E-state index is 5.54. The zero-order valence-electron chi connectivity index (χ0n) is 15.8. The number of piperazine rings is 1. The van der Waals surface area contributed by atoms with Gasteiger partial charge in [0.25, 0.3) is 0 Å². The lowest BCUT2D eigenvalue weighted by molar-refractivity contribution is 0.413. The summed E-state index contributed by atoms with van der Waals surface area (Å²) in [6, 6.07) is 27.8. The van der Waals surface area contributed by atoms with Crippen molar-refractivity contribution < 1.29 is 4.74 Å². The number of nitrogens with zero attached hydrogens (tertiary/aromatic N) is 2. The molecule has 4 rings (SSSR count). The smallest absolute Gasteiger partial charge is 0.142 e. The molecular weight excluding hydrogens is 332 g/mol. The van der Waals surface area contributed by atoms with E-state index in [9.17, 15) is 0 Å². The molecular formula is C24H26N2O. The molecule has 0 radical (unpaired) electrons. The molecule has 0 atom stereocenters. The third kappa shape index (κ3) is 3.92. The molecule has 3 nitrogen and oxygen atoms in total. The van der Waals surface area contributed by atoms with E-state index in [4.69, 9.17) is 4.74 Å². The fraction of sp³-hybridized carbons (Fsp3) is 0.250. The highest BCUT2D eigenvalue weighted by Crippen LogP contribution is 2.30. The van der Waals surface area contributed by atoms with Crippen molar-refractivity contribution in [1.82, 2.24) is 0 Å². The van der Waals surface area contributed by atoms with Gasteiger partial charge in [-0.1, -0.05) is 60.7 Å². The van der Waals surface area contributed by atoms with Gasteiger partial charge in [0.05, 0.1) is 12.8 Å². The first-order valence-corrected chi connectivity index (χ1v) is 9.60. The van der Waals surface area contributed by atoms with Crippen molar-refractivity contribution in [3.05, 3.63) is 90.0 Å². The summed E-state index contributed by atoms with van der Waals surface area (Å²) >= 11 is 0. The third-order valence-corrected chi connectivity index (χ3v) is 5.28. The molecule has 0 bridgehead atoms. The van der Waals surface area contributed by atoms with E-state index in [-0.39, 0.29) is 0 Å². The van der Waals surface area contributed by atoms with E-state index in [1.54, 1.807) is 7.11 Å². The van der Waals surface area contributed by atoms with Gasteiger partial charge >= 0.3 is 0 Å². The Morgan fingerprint density at radius 3 is 1.93 bits per heavy atom. The van der Waals surface area contributed by atoms with Crippen molar-refractivity contribution in [2.45, 2.75) is 6.42 Å². The van der Waals surface area contributed by atoms with Crippen LogP contribution < -0.4 is 14.5 Å². The fourth-order valence-corrected chi connectivity index (χ4v) is 3.86. The summed E-state index contributed by atoms with van der Waals surface area (Å²) in [5.74, 6) is 0.954. The molecule has 1 aliphatic rings. The molecule has 1 heterocycles. The number of rotatable bonds is 5. The number of ether oxygens (including phenoxy) is 1. The lowest BCUT2D eigenvalue weighted by Crippen LogP contribution is -2.47. The second-order valence-corrected chi connectivity index (χ2v) is 6.94. The molecule has 0 saturated carbocycles. The van der Waals surface area contributed by atoms with Gasteiger partial charge in [-0.25, -0.2) is 0 Å². The Labute approximate surface area is 161 Å². The van der Waals surface area contributed by atoms with Gasteiger partial charge in [0.1, 0.15) is 5.75 Å². The van der Waals surface area contributed by atoms with Crippen LogP contribution in [0.3, 0.4) is 0 Å². The zero-order valence-corrected chi connectivity index (χ0v) is 15.8. The summed E-state index contributed by atoms with van der Waals surface area (Å²) in [6.45, 7) is 4.04. The van der Waals surface area contributed by atoms with E-state index in [2.05, 4.69) is 76.5 Å². The Hall–Kier alpha value is -2.94. The fourth-order valence-electron chi connectivity index (χ4n) is 3.86. The van der Waals surface area contributed by atoms with Crippen molar-refractivity contribution in [2.24, 2.45) is 0 Å². The number of methoxy groups -OCH3 is 1. The van der Waals surface area contributed by atoms with E-state index in [1.807, 2.05) is 12.1 Å². The molecule has 0 aromatic heterocycles. The number of hydrogen-bond donors (Lipinski definition) is 0. The molecule has 1 saturated heterocycles. The molecule has 27 heavy (non-hydrogen) atoms. The van der Waals surface area contributed by atoms with Gasteiger partial charge in [-0.2, -0.15) is 0 Å². The second-order valence-electron chi connectivity index (χ2n) is 6.94. The normalized spacial score (nSPS) is 14.3. The minimum atomic E-state index is 0.954. The monoisotopic (exact) mass is 358 g/mol. The highest BCUT2D eigenvalue weighted by molar-refractivity contribution is 5.61. The molecule has 3 heteroatoms. The molecule has 1 fully saturated rings. The lowest BCUT2D eigenvalue weighted by atomic mass is 10.0. The summed E-state index contributed by atoms with van der Waals surface area (Å²) in [6.07, 6.45) is 0.976. The van der Waals surface area contributed by atoms with Crippen molar-refractivity contribution in [2.75, 3.05) is 43.1 Å². The average Bonchev–Trinajstić information content (AvgIpc) is 2.75. The van der Waals surface area contributed by atoms with Crippen LogP contribution in [0.5, 0.6) is 5.75 Å². The van der Waals surface area contributed by atoms with Gasteiger partial charge in [0, 0.05) is 31.9 Å². The van der Waals surface area contributed by atoms with Crippen LogP contribution in [0.2, 0.25) is 0 Å². The predicted octanol–water partition coefficient (Wildman–Crippen LogP) is 4.61. The standard InChI is InChI=1S/C24H26N2O/c1-27-24-14-8-7-13-23(24)26-17-15-25(16-18-26)22-12-6-5-11-21(22)19-20-9-3-2-4-10-20/h2-14H,15-19H2,1H3. The SMILES string of the molecule is COc1ccccc1N1CCN(c2ccccc2Cc2ccccc2)CC1. The van der Waals surface area contributed by atoms with E-state index in [0.717, 1.165) is 38.3 Å². The summed E-state index contributed by atoms with van der Waals surface area (Å²) < 4.78 is 5.54. The minimum absolute atomic E-state index is 0.954. The molecule has 0 unspecified atom stereocenters. The van der Waals surface area contributed by atoms with Gasteiger partial charge < -0.3 is 14.5 Å². The van der Waals surface area contributed by atoms with Crippen LogP contribution in [-0.4, -0.2) is 33.3 Å². The average molecular weight is 358 g/mol. The highest BCUT2D eigenvalue weighted by atomic mass is 16.5. The molecule has 0 amide bonds. The first kappa shape index (κ1) is 17.5. The Morgan fingerprint density at radius 1 is 0.667 bits per heavy atom. The maximum Gasteiger partial charge on any atom is 0.142 e. The van der Waals surface area contributed by atoms with Gasteiger partial charge in [0.15, 0.2) is 0 Å². The summed E-state index contributed by atoms with van der Waals surface area (Å²) in [7, 11) is 1.74. The molecule has 0 spiro atoms. The topological polar surface area (TPSA) is 15.7 Å². The Bertz CT molecular complexity index is 870. The maximum atomic E-state index is 5.54. The van der Waals surface area contributed by atoms with E-state index >= 15 is 0 Å². The Balaban J connectivity index is 1.49. The molecule has 3 aromatic rings. The number of anilines is 2. The Morgan fingerprint density at radius 2 is 1.22 bits per heavy atom. The molecule has 138 valence electrons. The van der Waals surface area contributed by atoms with E-state index < -0.39 is 0 Å². The van der Waals surface area contributed by atoms with Crippen molar-refractivity contribution >= 4 is 11.4 Å². The van der Waals surface area contributed by atoms with Crippen molar-refractivity contribution in [1.29, 1.82) is 0 Å². The second kappa shape index (κ2) is 8.17.